The van der Waals surface area contributed by atoms with Crippen LogP contribution < -0.4 is 15.4 Å². The molecule has 0 atom stereocenters. The summed E-state index contributed by atoms with van der Waals surface area (Å²) in [5, 5.41) is 15.3. The summed E-state index contributed by atoms with van der Waals surface area (Å²) in [6.45, 7) is 1.95. The van der Waals surface area contributed by atoms with E-state index in [0.29, 0.717) is 22.1 Å². The first-order chi connectivity index (χ1) is 11.5. The van der Waals surface area contributed by atoms with Gasteiger partial charge in [-0.15, -0.1) is 0 Å². The number of anilines is 2. The van der Waals surface area contributed by atoms with Crippen LogP contribution in [0.25, 0.3) is 0 Å². The Morgan fingerprint density at radius 3 is 2.58 bits per heavy atom. The van der Waals surface area contributed by atoms with Gasteiger partial charge in [-0.3, -0.25) is 4.79 Å². The lowest BCUT2D eigenvalue weighted by Gasteiger charge is -2.09. The summed E-state index contributed by atoms with van der Waals surface area (Å²) < 4.78 is 5.20. The van der Waals surface area contributed by atoms with Gasteiger partial charge >= 0.3 is 0 Å². The van der Waals surface area contributed by atoms with Crippen molar-refractivity contribution < 1.29 is 9.53 Å². The number of methoxy groups -OCH3 is 1. The average molecular weight is 342 g/mol. The molecule has 5 nitrogen and oxygen atoms in total. The van der Waals surface area contributed by atoms with Crippen LogP contribution in [0.4, 0.5) is 11.4 Å². The van der Waals surface area contributed by atoms with Gasteiger partial charge in [-0.05, 0) is 37.3 Å². The number of nitriles is 1. The van der Waals surface area contributed by atoms with Gasteiger partial charge in [-0.1, -0.05) is 29.3 Å². The molecule has 0 aromatic heterocycles. The van der Waals surface area contributed by atoms with Crippen LogP contribution in [0.2, 0.25) is 5.02 Å². The van der Waals surface area contributed by atoms with Crippen LogP contribution in [-0.2, 0) is 4.79 Å². The lowest BCUT2D eigenvalue weighted by Crippen LogP contribution is -2.14. The van der Waals surface area contributed by atoms with Gasteiger partial charge in [0, 0.05) is 16.9 Å². The maximum atomic E-state index is 12.2. The molecule has 1 amide bonds. The Hall–Kier alpha value is -2.97. The molecule has 2 aromatic carbocycles. The van der Waals surface area contributed by atoms with Crippen LogP contribution in [0.5, 0.6) is 5.75 Å². The zero-order valence-electron chi connectivity index (χ0n) is 13.3. The maximum absolute atomic E-state index is 12.2. The number of benzene rings is 2. The van der Waals surface area contributed by atoms with E-state index in [1.807, 2.05) is 25.1 Å². The summed E-state index contributed by atoms with van der Waals surface area (Å²) in [5.74, 6) is 0.0433. The van der Waals surface area contributed by atoms with Crippen LogP contribution in [0.3, 0.4) is 0 Å². The van der Waals surface area contributed by atoms with Crippen molar-refractivity contribution in [2.45, 2.75) is 6.92 Å². The van der Waals surface area contributed by atoms with Gasteiger partial charge in [0.05, 0.1) is 12.8 Å². The maximum Gasteiger partial charge on any atom is 0.267 e. The molecule has 0 aliphatic carbocycles. The Morgan fingerprint density at radius 2 is 1.96 bits per heavy atom. The molecule has 2 aromatic rings. The highest BCUT2D eigenvalue weighted by atomic mass is 35.5. The predicted molar refractivity (Wildman–Crippen MR) is 95.1 cm³/mol. The van der Waals surface area contributed by atoms with Gasteiger partial charge in [-0.25, -0.2) is 0 Å². The molecular formula is C18H16ClN3O2. The minimum absolute atomic E-state index is 0.0717. The summed E-state index contributed by atoms with van der Waals surface area (Å²) in [6, 6.07) is 14.2. The normalized spacial score (nSPS) is 10.7. The Bertz CT molecular complexity index is 808. The smallest absolute Gasteiger partial charge is 0.267 e. The summed E-state index contributed by atoms with van der Waals surface area (Å²) in [6.07, 6.45) is 1.32. The Balaban J connectivity index is 2.14. The fraction of sp³-hybridized carbons (Fsp3) is 0.111. The number of aryl methyl sites for hydroxylation is 1. The monoisotopic (exact) mass is 341 g/mol. The fourth-order valence-corrected chi connectivity index (χ4v) is 2.10. The zero-order chi connectivity index (χ0) is 17.5. The highest BCUT2D eigenvalue weighted by Gasteiger charge is 2.10. The molecule has 0 spiro atoms. The minimum Gasteiger partial charge on any atom is -0.495 e. The van der Waals surface area contributed by atoms with Crippen molar-refractivity contribution in [1.82, 2.24) is 0 Å². The summed E-state index contributed by atoms with van der Waals surface area (Å²) in [7, 11) is 1.52. The number of halogens is 1. The Labute approximate surface area is 145 Å². The summed E-state index contributed by atoms with van der Waals surface area (Å²) in [4.78, 5) is 12.2. The number of amides is 1. The predicted octanol–water partition coefficient (Wildman–Crippen LogP) is 4.12. The summed E-state index contributed by atoms with van der Waals surface area (Å²) >= 11 is 5.95. The third kappa shape index (κ3) is 4.51. The molecule has 0 unspecified atom stereocenters. The van der Waals surface area contributed by atoms with Crippen LogP contribution in [0.15, 0.2) is 54.2 Å². The van der Waals surface area contributed by atoms with E-state index in [1.54, 1.807) is 30.3 Å². The minimum atomic E-state index is -0.505. The molecule has 0 aliphatic rings. The standard InChI is InChI=1S/C18H16ClN3O2/c1-12-3-6-15(7-4-12)22-18(23)13(10-20)11-21-16-9-14(19)5-8-17(16)24-2/h3-9,11,21H,1-2H3,(H,22,23)/b13-11-. The van der Waals surface area contributed by atoms with E-state index in [0.717, 1.165) is 5.56 Å². The molecule has 6 heteroatoms. The average Bonchev–Trinajstić information content (AvgIpc) is 2.57. The van der Waals surface area contributed by atoms with E-state index < -0.39 is 5.91 Å². The fourth-order valence-electron chi connectivity index (χ4n) is 1.93. The second-order valence-corrected chi connectivity index (χ2v) is 5.42. The van der Waals surface area contributed by atoms with Crippen molar-refractivity contribution in [3.63, 3.8) is 0 Å². The number of carbonyl (C=O) groups is 1. The van der Waals surface area contributed by atoms with Crippen molar-refractivity contribution >= 4 is 28.9 Å². The lowest BCUT2D eigenvalue weighted by atomic mass is 10.2. The van der Waals surface area contributed by atoms with Gasteiger partial charge in [-0.2, -0.15) is 5.26 Å². The number of rotatable bonds is 5. The zero-order valence-corrected chi connectivity index (χ0v) is 14.0. The van der Waals surface area contributed by atoms with Crippen molar-refractivity contribution in [1.29, 1.82) is 5.26 Å². The van der Waals surface area contributed by atoms with Gasteiger partial charge in [0.25, 0.3) is 5.91 Å². The van der Waals surface area contributed by atoms with Crippen molar-refractivity contribution in [2.24, 2.45) is 0 Å². The number of nitrogens with zero attached hydrogens (tertiary/aromatic N) is 1. The number of ether oxygens (including phenoxy) is 1. The third-order valence-electron chi connectivity index (χ3n) is 3.21. The number of nitrogens with one attached hydrogen (secondary N) is 2. The topological polar surface area (TPSA) is 74.1 Å². The number of hydrogen-bond donors (Lipinski definition) is 2. The highest BCUT2D eigenvalue weighted by Crippen LogP contribution is 2.27. The van der Waals surface area contributed by atoms with Crippen LogP contribution in [0, 0.1) is 18.3 Å². The lowest BCUT2D eigenvalue weighted by molar-refractivity contribution is -0.112. The van der Waals surface area contributed by atoms with E-state index in [1.165, 1.54) is 13.3 Å². The van der Waals surface area contributed by atoms with Crippen molar-refractivity contribution in [3.05, 3.63) is 64.8 Å². The Morgan fingerprint density at radius 1 is 1.25 bits per heavy atom. The SMILES string of the molecule is COc1ccc(Cl)cc1N/C=C(/C#N)C(=O)Nc1ccc(C)cc1. The van der Waals surface area contributed by atoms with Gasteiger partial charge in [0.2, 0.25) is 0 Å². The molecule has 0 saturated heterocycles. The van der Waals surface area contributed by atoms with Gasteiger partial charge in [0.1, 0.15) is 17.4 Å². The summed E-state index contributed by atoms with van der Waals surface area (Å²) in [5.41, 5.74) is 2.18. The molecule has 0 saturated carbocycles. The van der Waals surface area contributed by atoms with Gasteiger partial charge in [0.15, 0.2) is 0 Å². The molecule has 0 bridgehead atoms. The first-order valence-corrected chi connectivity index (χ1v) is 7.49. The largest absolute Gasteiger partial charge is 0.495 e. The van der Waals surface area contributed by atoms with E-state index in [2.05, 4.69) is 10.6 Å². The number of carbonyl (C=O) groups excluding carboxylic acids is 1. The van der Waals surface area contributed by atoms with E-state index in [-0.39, 0.29) is 5.57 Å². The number of hydrogen-bond acceptors (Lipinski definition) is 4. The van der Waals surface area contributed by atoms with Crippen LogP contribution in [0.1, 0.15) is 5.56 Å². The highest BCUT2D eigenvalue weighted by molar-refractivity contribution is 6.31. The third-order valence-corrected chi connectivity index (χ3v) is 3.44. The van der Waals surface area contributed by atoms with E-state index >= 15 is 0 Å². The second kappa shape index (κ2) is 8.04. The first-order valence-electron chi connectivity index (χ1n) is 7.12. The first kappa shape index (κ1) is 17.4. The molecular weight excluding hydrogens is 326 g/mol. The second-order valence-electron chi connectivity index (χ2n) is 4.98. The van der Waals surface area contributed by atoms with Gasteiger partial charge < -0.3 is 15.4 Å². The van der Waals surface area contributed by atoms with E-state index in [4.69, 9.17) is 16.3 Å². The molecule has 0 fully saturated rings. The van der Waals surface area contributed by atoms with Crippen molar-refractivity contribution in [3.8, 4) is 11.8 Å². The molecule has 2 N–H and O–H groups in total. The molecule has 122 valence electrons. The molecule has 2 rings (SSSR count). The molecule has 0 heterocycles. The van der Waals surface area contributed by atoms with Crippen LogP contribution >= 0.6 is 11.6 Å². The Kier molecular flexibility index (Phi) is 5.83. The molecule has 24 heavy (non-hydrogen) atoms. The molecule has 0 radical (unpaired) electrons. The van der Waals surface area contributed by atoms with Crippen LogP contribution in [-0.4, -0.2) is 13.0 Å². The quantitative estimate of drug-likeness (QED) is 0.634. The molecule has 0 aliphatic heterocycles. The van der Waals surface area contributed by atoms with E-state index in [9.17, 15) is 10.1 Å². The van der Waals surface area contributed by atoms with Crippen molar-refractivity contribution in [2.75, 3.05) is 17.7 Å².